The number of urea groups is 1. The molecule has 6 nitrogen and oxygen atoms in total. The second kappa shape index (κ2) is 5.24. The van der Waals surface area contributed by atoms with Crippen molar-refractivity contribution in [1.29, 1.82) is 0 Å². The molecule has 0 fully saturated rings. The SMILES string of the molecule is CN(C)C(=O)NC1=CC=C(Cl)C(Cl)(OO)C1O. The van der Waals surface area contributed by atoms with Gasteiger partial charge < -0.3 is 15.3 Å². The summed E-state index contributed by atoms with van der Waals surface area (Å²) in [5, 5.41) is 18.8. The van der Waals surface area contributed by atoms with E-state index in [0.29, 0.717) is 0 Å². The van der Waals surface area contributed by atoms with Crippen LogP contribution in [0.15, 0.2) is 22.9 Å². The zero-order valence-electron chi connectivity index (χ0n) is 9.15. The van der Waals surface area contributed by atoms with Crippen molar-refractivity contribution < 1.29 is 20.0 Å². The molecule has 0 radical (unpaired) electrons. The second-order valence-electron chi connectivity index (χ2n) is 3.60. The summed E-state index contributed by atoms with van der Waals surface area (Å²) in [5.41, 5.74) is 0.0668. The van der Waals surface area contributed by atoms with Gasteiger partial charge in [-0.2, -0.15) is 0 Å². The highest BCUT2D eigenvalue weighted by Crippen LogP contribution is 2.37. The van der Waals surface area contributed by atoms with Gasteiger partial charge in [-0.25, -0.2) is 14.9 Å². The monoisotopic (exact) mass is 282 g/mol. The summed E-state index contributed by atoms with van der Waals surface area (Å²) in [5.74, 6) is 0. The average molecular weight is 283 g/mol. The van der Waals surface area contributed by atoms with Crippen molar-refractivity contribution in [3.63, 3.8) is 0 Å². The van der Waals surface area contributed by atoms with Gasteiger partial charge in [0, 0.05) is 14.1 Å². The van der Waals surface area contributed by atoms with Crippen molar-refractivity contribution in [3.8, 4) is 0 Å². The van der Waals surface area contributed by atoms with Crippen molar-refractivity contribution in [2.45, 2.75) is 11.2 Å². The summed E-state index contributed by atoms with van der Waals surface area (Å²) < 4.78 is 0. The number of hydrogen-bond acceptors (Lipinski definition) is 4. The first-order valence-electron chi connectivity index (χ1n) is 4.58. The van der Waals surface area contributed by atoms with Crippen molar-refractivity contribution >= 4 is 29.2 Å². The van der Waals surface area contributed by atoms with Crippen molar-refractivity contribution in [3.05, 3.63) is 22.9 Å². The van der Waals surface area contributed by atoms with Crippen LogP contribution in [0.3, 0.4) is 0 Å². The summed E-state index contributed by atoms with van der Waals surface area (Å²) in [6.07, 6.45) is 1.17. The van der Waals surface area contributed by atoms with Gasteiger partial charge in [0.1, 0.15) is 6.10 Å². The quantitative estimate of drug-likeness (QED) is 0.402. The number of nitrogens with zero attached hydrogens (tertiary/aromatic N) is 1. The fraction of sp³-hybridized carbons (Fsp3) is 0.444. The molecule has 0 aliphatic heterocycles. The predicted molar refractivity (Wildman–Crippen MR) is 62.5 cm³/mol. The summed E-state index contributed by atoms with van der Waals surface area (Å²) in [6.45, 7) is 0. The molecule has 2 unspecified atom stereocenters. The van der Waals surface area contributed by atoms with Crippen molar-refractivity contribution in [1.82, 2.24) is 10.2 Å². The standard InChI is InChI=1S/C9H12Cl2N2O4/c1-13(2)8(15)12-5-3-4-6(10)9(11,17-16)7(5)14/h3-4,7,14,16H,1-2H3,(H,12,15). The van der Waals surface area contributed by atoms with E-state index < -0.39 is 17.2 Å². The maximum Gasteiger partial charge on any atom is 0.321 e. The zero-order valence-corrected chi connectivity index (χ0v) is 10.7. The molecule has 0 saturated heterocycles. The molecule has 0 bridgehead atoms. The van der Waals surface area contributed by atoms with Gasteiger partial charge >= 0.3 is 6.03 Å². The van der Waals surface area contributed by atoms with E-state index in [4.69, 9.17) is 28.5 Å². The molecule has 17 heavy (non-hydrogen) atoms. The number of amides is 2. The first-order valence-corrected chi connectivity index (χ1v) is 5.34. The molecule has 0 aromatic carbocycles. The minimum absolute atomic E-state index is 0.0668. The van der Waals surface area contributed by atoms with Gasteiger partial charge in [0.15, 0.2) is 0 Å². The maximum atomic E-state index is 11.4. The van der Waals surface area contributed by atoms with Crippen LogP contribution in [0, 0.1) is 0 Å². The van der Waals surface area contributed by atoms with Gasteiger partial charge in [0.2, 0.25) is 5.06 Å². The molecule has 3 N–H and O–H groups in total. The van der Waals surface area contributed by atoms with Gasteiger partial charge in [-0.05, 0) is 12.2 Å². The lowest BCUT2D eigenvalue weighted by Gasteiger charge is -2.32. The summed E-state index contributed by atoms with van der Waals surface area (Å²) in [7, 11) is 3.06. The van der Waals surface area contributed by atoms with Crippen LogP contribution in [0.4, 0.5) is 4.79 Å². The summed E-state index contributed by atoms with van der Waals surface area (Å²) >= 11 is 11.5. The highest BCUT2D eigenvalue weighted by molar-refractivity contribution is 6.39. The second-order valence-corrected chi connectivity index (χ2v) is 4.57. The molecule has 1 rings (SSSR count). The Bertz CT molecular complexity index is 383. The number of halogens is 2. The lowest BCUT2D eigenvalue weighted by Crippen LogP contribution is -2.48. The normalized spacial score (nSPS) is 28.2. The Hall–Kier alpha value is -0.790. The number of rotatable bonds is 2. The number of nitrogens with one attached hydrogen (secondary N) is 1. The lowest BCUT2D eigenvalue weighted by atomic mass is 10.0. The average Bonchev–Trinajstić information content (AvgIpc) is 2.29. The molecule has 8 heteroatoms. The number of aliphatic hydroxyl groups excluding tert-OH is 1. The van der Waals surface area contributed by atoms with E-state index in [1.165, 1.54) is 31.1 Å². The van der Waals surface area contributed by atoms with Crippen LogP contribution in [-0.4, -0.2) is 46.6 Å². The largest absolute Gasteiger partial charge is 0.382 e. The minimum Gasteiger partial charge on any atom is -0.382 e. The number of carbonyl (C=O) groups excluding carboxylic acids is 1. The Balaban J connectivity index is 2.93. The van der Waals surface area contributed by atoms with E-state index in [-0.39, 0.29) is 10.7 Å². The lowest BCUT2D eigenvalue weighted by molar-refractivity contribution is -0.298. The van der Waals surface area contributed by atoms with Gasteiger partial charge in [0.05, 0.1) is 10.7 Å². The van der Waals surface area contributed by atoms with E-state index in [1.807, 2.05) is 0 Å². The van der Waals surface area contributed by atoms with Crippen LogP contribution in [0.5, 0.6) is 0 Å². The number of alkyl halides is 1. The van der Waals surface area contributed by atoms with Gasteiger partial charge in [-0.1, -0.05) is 23.2 Å². The maximum absolute atomic E-state index is 11.4. The Kier molecular flexibility index (Phi) is 4.40. The zero-order chi connectivity index (χ0) is 13.2. The Morgan fingerprint density at radius 1 is 1.59 bits per heavy atom. The van der Waals surface area contributed by atoms with Crippen molar-refractivity contribution in [2.75, 3.05) is 14.1 Å². The van der Waals surface area contributed by atoms with Gasteiger partial charge in [-0.3, -0.25) is 0 Å². The van der Waals surface area contributed by atoms with Gasteiger partial charge in [0.25, 0.3) is 0 Å². The van der Waals surface area contributed by atoms with E-state index in [2.05, 4.69) is 10.2 Å². The van der Waals surface area contributed by atoms with Crippen LogP contribution < -0.4 is 5.32 Å². The summed E-state index contributed by atoms with van der Waals surface area (Å²) in [6, 6.07) is -0.460. The van der Waals surface area contributed by atoms with Gasteiger partial charge in [-0.15, -0.1) is 0 Å². The highest BCUT2D eigenvalue weighted by Gasteiger charge is 2.45. The first kappa shape index (κ1) is 14.3. The van der Waals surface area contributed by atoms with E-state index >= 15 is 0 Å². The topological polar surface area (TPSA) is 82.0 Å². The van der Waals surface area contributed by atoms with E-state index in [9.17, 15) is 9.90 Å². The molecule has 0 heterocycles. The minimum atomic E-state index is -2.01. The molecule has 0 aromatic heterocycles. The number of allylic oxidation sites excluding steroid dienone is 2. The first-order chi connectivity index (χ1) is 7.82. The number of hydrogen-bond donors (Lipinski definition) is 3. The predicted octanol–water partition coefficient (Wildman–Crippen LogP) is 1.06. The molecule has 2 atom stereocenters. The van der Waals surface area contributed by atoms with Crippen LogP contribution >= 0.6 is 23.2 Å². The third kappa shape index (κ3) is 2.72. The fourth-order valence-electron chi connectivity index (χ4n) is 1.14. The third-order valence-electron chi connectivity index (χ3n) is 2.17. The molecule has 96 valence electrons. The van der Waals surface area contributed by atoms with Crippen LogP contribution in [0.25, 0.3) is 0 Å². The molecule has 0 saturated carbocycles. The van der Waals surface area contributed by atoms with Crippen molar-refractivity contribution in [2.24, 2.45) is 0 Å². The third-order valence-corrected chi connectivity index (χ3v) is 3.15. The molecule has 1 aliphatic carbocycles. The molecular formula is C9H12Cl2N2O4. The van der Waals surface area contributed by atoms with Crippen LogP contribution in [0.1, 0.15) is 0 Å². The molecule has 2 amide bonds. The fourth-order valence-corrected chi connectivity index (χ4v) is 1.52. The Labute approximate surface area is 108 Å². The molecule has 0 spiro atoms. The molecule has 0 aromatic rings. The Morgan fingerprint density at radius 3 is 2.65 bits per heavy atom. The number of carbonyl (C=O) groups is 1. The van der Waals surface area contributed by atoms with Crippen LogP contribution in [-0.2, 0) is 4.89 Å². The highest BCUT2D eigenvalue weighted by atomic mass is 35.5. The van der Waals surface area contributed by atoms with E-state index in [1.54, 1.807) is 0 Å². The number of aliphatic hydroxyl groups is 1. The molecular weight excluding hydrogens is 271 g/mol. The van der Waals surface area contributed by atoms with Crippen LogP contribution in [0.2, 0.25) is 0 Å². The Morgan fingerprint density at radius 2 is 2.18 bits per heavy atom. The molecule has 1 aliphatic rings. The summed E-state index contributed by atoms with van der Waals surface area (Å²) in [4.78, 5) is 16.7. The van der Waals surface area contributed by atoms with E-state index in [0.717, 1.165) is 0 Å². The smallest absolute Gasteiger partial charge is 0.321 e.